The summed E-state index contributed by atoms with van der Waals surface area (Å²) in [6.45, 7) is 1.92. The summed E-state index contributed by atoms with van der Waals surface area (Å²) in [5.74, 6) is 0.757. The Morgan fingerprint density at radius 3 is 2.62 bits per heavy atom. The van der Waals surface area contributed by atoms with E-state index >= 15 is 0 Å². The van der Waals surface area contributed by atoms with Crippen LogP contribution in [0.1, 0.15) is 12.8 Å². The molecule has 1 fully saturated rings. The number of likely N-dealkylation sites (N-methyl/N-ethyl adjacent to an activating group) is 1. The molecule has 0 radical (unpaired) electrons. The summed E-state index contributed by atoms with van der Waals surface area (Å²) in [5.41, 5.74) is 0. The molecule has 2 rings (SSSR count). The molecule has 0 saturated carbocycles. The number of rotatable bonds is 3. The van der Waals surface area contributed by atoms with Crippen LogP contribution in [0, 0.1) is 0 Å². The molecule has 2 heterocycles. The van der Waals surface area contributed by atoms with Gasteiger partial charge in [0.05, 0.1) is 12.4 Å². The lowest BCUT2D eigenvalue weighted by atomic mass is 10.2. The van der Waals surface area contributed by atoms with Gasteiger partial charge in [-0.15, -0.1) is 24.8 Å². The van der Waals surface area contributed by atoms with Crippen LogP contribution in [0.15, 0.2) is 18.7 Å². The van der Waals surface area contributed by atoms with Crippen LogP contribution in [0.5, 0.6) is 5.75 Å². The second kappa shape index (κ2) is 7.65. The lowest BCUT2D eigenvalue weighted by Gasteiger charge is -2.19. The minimum absolute atomic E-state index is 0. The lowest BCUT2D eigenvalue weighted by molar-refractivity contribution is 0.197. The van der Waals surface area contributed by atoms with Crippen LogP contribution in [-0.4, -0.2) is 41.1 Å². The van der Waals surface area contributed by atoms with Crippen molar-refractivity contribution in [2.24, 2.45) is 0 Å². The molecule has 16 heavy (non-hydrogen) atoms. The van der Waals surface area contributed by atoms with Gasteiger partial charge in [0.1, 0.15) is 12.9 Å². The third kappa shape index (κ3) is 4.12. The van der Waals surface area contributed by atoms with Gasteiger partial charge in [-0.1, -0.05) is 0 Å². The lowest BCUT2D eigenvalue weighted by Crippen LogP contribution is -2.30. The molecule has 0 unspecified atom stereocenters. The highest BCUT2D eigenvalue weighted by Crippen LogP contribution is 2.16. The Bertz CT molecular complexity index is 287. The normalized spacial score (nSPS) is 19.7. The molecule has 0 spiro atoms. The predicted octanol–water partition coefficient (Wildman–Crippen LogP) is 1.79. The van der Waals surface area contributed by atoms with Crippen LogP contribution >= 0.6 is 24.8 Å². The smallest absolute Gasteiger partial charge is 0.155 e. The summed E-state index contributed by atoms with van der Waals surface area (Å²) < 4.78 is 5.59. The maximum absolute atomic E-state index is 5.59. The fraction of sp³-hybridized carbons (Fsp3) is 0.600. The highest BCUT2D eigenvalue weighted by Gasteiger charge is 2.21. The van der Waals surface area contributed by atoms with E-state index in [4.69, 9.17) is 4.74 Å². The minimum atomic E-state index is 0. The van der Waals surface area contributed by atoms with Gasteiger partial charge in [0.15, 0.2) is 5.75 Å². The largest absolute Gasteiger partial charge is 0.489 e. The van der Waals surface area contributed by atoms with Gasteiger partial charge < -0.3 is 9.64 Å². The van der Waals surface area contributed by atoms with Gasteiger partial charge in [0.25, 0.3) is 0 Å². The second-order valence-electron chi connectivity index (χ2n) is 3.66. The van der Waals surface area contributed by atoms with Crippen LogP contribution in [0.2, 0.25) is 0 Å². The van der Waals surface area contributed by atoms with Crippen molar-refractivity contribution in [2.75, 3.05) is 20.2 Å². The van der Waals surface area contributed by atoms with E-state index in [1.165, 1.54) is 25.7 Å². The van der Waals surface area contributed by atoms with Crippen molar-refractivity contribution in [1.29, 1.82) is 0 Å². The van der Waals surface area contributed by atoms with Crippen molar-refractivity contribution in [1.82, 2.24) is 14.9 Å². The standard InChI is InChI=1S/C10H15N3O.2ClH/c1-13-4-2-3-9(13)7-14-10-5-11-8-12-6-10;;/h5-6,8-9H,2-4,7H2,1H3;2*1H/t9-;;/m0../s1. The predicted molar refractivity (Wildman–Crippen MR) is 67.7 cm³/mol. The van der Waals surface area contributed by atoms with Crippen molar-refractivity contribution in [3.8, 4) is 5.75 Å². The Morgan fingerprint density at radius 1 is 1.38 bits per heavy atom. The van der Waals surface area contributed by atoms with Gasteiger partial charge in [0, 0.05) is 6.04 Å². The van der Waals surface area contributed by atoms with E-state index in [1.807, 2.05) is 0 Å². The molecule has 1 atom stereocenters. The first kappa shape index (κ1) is 15.4. The molecular formula is C10H17Cl2N3O. The van der Waals surface area contributed by atoms with Gasteiger partial charge >= 0.3 is 0 Å². The van der Waals surface area contributed by atoms with E-state index in [1.54, 1.807) is 12.4 Å². The SMILES string of the molecule is CN1CCC[C@H]1COc1cncnc1.Cl.Cl. The summed E-state index contributed by atoms with van der Waals surface area (Å²) >= 11 is 0. The number of hydrogen-bond acceptors (Lipinski definition) is 4. The van der Waals surface area contributed by atoms with E-state index < -0.39 is 0 Å². The Morgan fingerprint density at radius 2 is 2.06 bits per heavy atom. The Balaban J connectivity index is 0.00000112. The molecular weight excluding hydrogens is 249 g/mol. The van der Waals surface area contributed by atoms with Gasteiger partial charge in [-0.3, -0.25) is 0 Å². The zero-order valence-corrected chi connectivity index (χ0v) is 10.8. The van der Waals surface area contributed by atoms with Crippen molar-refractivity contribution < 1.29 is 4.74 Å². The van der Waals surface area contributed by atoms with Crippen molar-refractivity contribution in [3.05, 3.63) is 18.7 Å². The zero-order valence-electron chi connectivity index (χ0n) is 9.20. The first-order valence-corrected chi connectivity index (χ1v) is 4.94. The van der Waals surface area contributed by atoms with Gasteiger partial charge in [0.2, 0.25) is 0 Å². The Labute approximate surface area is 108 Å². The Hall–Kier alpha value is -0.580. The highest BCUT2D eigenvalue weighted by molar-refractivity contribution is 5.85. The fourth-order valence-electron chi connectivity index (χ4n) is 1.74. The topological polar surface area (TPSA) is 38.2 Å². The summed E-state index contributed by atoms with van der Waals surface area (Å²) in [5, 5.41) is 0. The molecule has 1 aliphatic heterocycles. The van der Waals surface area contributed by atoms with E-state index in [9.17, 15) is 0 Å². The van der Waals surface area contributed by atoms with Crippen LogP contribution in [0.3, 0.4) is 0 Å². The molecule has 6 heteroatoms. The summed E-state index contributed by atoms with van der Waals surface area (Å²) in [6, 6.07) is 0.551. The molecule has 1 aliphatic rings. The molecule has 0 N–H and O–H groups in total. The van der Waals surface area contributed by atoms with E-state index in [-0.39, 0.29) is 24.8 Å². The first-order chi connectivity index (χ1) is 6.86. The van der Waals surface area contributed by atoms with Gasteiger partial charge in [-0.2, -0.15) is 0 Å². The molecule has 0 aliphatic carbocycles. The number of nitrogens with zero attached hydrogens (tertiary/aromatic N) is 3. The average molecular weight is 266 g/mol. The number of aromatic nitrogens is 2. The van der Waals surface area contributed by atoms with Crippen molar-refractivity contribution in [3.63, 3.8) is 0 Å². The maximum atomic E-state index is 5.59. The average Bonchev–Trinajstić information content (AvgIpc) is 2.63. The molecule has 1 aromatic heterocycles. The van der Waals surface area contributed by atoms with Crippen molar-refractivity contribution in [2.45, 2.75) is 18.9 Å². The van der Waals surface area contributed by atoms with E-state index in [0.29, 0.717) is 6.04 Å². The fourth-order valence-corrected chi connectivity index (χ4v) is 1.74. The molecule has 1 saturated heterocycles. The van der Waals surface area contributed by atoms with Gasteiger partial charge in [-0.25, -0.2) is 9.97 Å². The number of hydrogen-bond donors (Lipinski definition) is 0. The maximum Gasteiger partial charge on any atom is 0.155 e. The third-order valence-corrected chi connectivity index (χ3v) is 2.65. The Kier molecular flexibility index (Phi) is 7.38. The number of ether oxygens (including phenoxy) is 1. The van der Waals surface area contributed by atoms with Crippen LogP contribution in [0.4, 0.5) is 0 Å². The van der Waals surface area contributed by atoms with E-state index in [0.717, 1.165) is 12.4 Å². The minimum Gasteiger partial charge on any atom is -0.489 e. The zero-order chi connectivity index (χ0) is 9.80. The monoisotopic (exact) mass is 265 g/mol. The van der Waals surface area contributed by atoms with Crippen LogP contribution in [0.25, 0.3) is 0 Å². The summed E-state index contributed by atoms with van der Waals surface area (Å²) in [7, 11) is 2.14. The molecule has 0 amide bonds. The quantitative estimate of drug-likeness (QED) is 0.836. The van der Waals surface area contributed by atoms with Crippen LogP contribution < -0.4 is 4.74 Å². The third-order valence-electron chi connectivity index (χ3n) is 2.65. The molecule has 92 valence electrons. The van der Waals surface area contributed by atoms with Crippen molar-refractivity contribution >= 4 is 24.8 Å². The summed E-state index contributed by atoms with van der Waals surface area (Å²) in [4.78, 5) is 10.1. The van der Waals surface area contributed by atoms with E-state index in [2.05, 4.69) is 21.9 Å². The van der Waals surface area contributed by atoms with Gasteiger partial charge in [-0.05, 0) is 26.4 Å². The first-order valence-electron chi connectivity index (χ1n) is 4.94. The second-order valence-corrected chi connectivity index (χ2v) is 3.66. The van der Waals surface area contributed by atoms with Crippen LogP contribution in [-0.2, 0) is 0 Å². The molecule has 1 aromatic rings. The highest BCUT2D eigenvalue weighted by atomic mass is 35.5. The number of halogens is 2. The molecule has 4 nitrogen and oxygen atoms in total. The molecule has 0 aromatic carbocycles. The number of likely N-dealkylation sites (tertiary alicyclic amines) is 1. The summed E-state index contributed by atoms with van der Waals surface area (Å²) in [6.07, 6.45) is 7.40. The molecule has 0 bridgehead atoms.